The smallest absolute Gasteiger partial charge is 0.343 e. The molecule has 4 heteroatoms. The first-order valence-corrected chi connectivity index (χ1v) is 10.9. The molecule has 1 fully saturated rings. The molecule has 0 aliphatic heterocycles. The van der Waals surface area contributed by atoms with Gasteiger partial charge < -0.3 is 14.2 Å². The van der Waals surface area contributed by atoms with Crippen LogP contribution in [0.4, 0.5) is 0 Å². The van der Waals surface area contributed by atoms with Gasteiger partial charge in [0.1, 0.15) is 17.2 Å². The van der Waals surface area contributed by atoms with Gasteiger partial charge in [-0.2, -0.15) is 0 Å². The topological polar surface area (TPSA) is 44.8 Å². The fourth-order valence-electron chi connectivity index (χ4n) is 3.57. The maximum Gasteiger partial charge on any atom is 0.343 e. The van der Waals surface area contributed by atoms with Gasteiger partial charge in [-0.3, -0.25) is 0 Å². The van der Waals surface area contributed by atoms with Gasteiger partial charge in [0.25, 0.3) is 0 Å². The molecule has 1 aliphatic carbocycles. The molecule has 2 aromatic rings. The van der Waals surface area contributed by atoms with Crippen LogP contribution in [-0.4, -0.2) is 19.2 Å². The Kier molecular flexibility index (Phi) is 8.41. The Morgan fingerprint density at radius 1 is 0.828 bits per heavy atom. The van der Waals surface area contributed by atoms with Crippen LogP contribution in [0.2, 0.25) is 0 Å². The summed E-state index contributed by atoms with van der Waals surface area (Å²) >= 11 is 0. The molecule has 156 valence electrons. The first-order chi connectivity index (χ1) is 14.2. The molecule has 0 aromatic heterocycles. The highest BCUT2D eigenvalue weighted by Gasteiger charge is 2.14. The van der Waals surface area contributed by atoms with E-state index in [9.17, 15) is 4.79 Å². The third kappa shape index (κ3) is 7.12. The van der Waals surface area contributed by atoms with Gasteiger partial charge in [0.05, 0.1) is 18.8 Å². The molecule has 0 saturated heterocycles. The van der Waals surface area contributed by atoms with Gasteiger partial charge in [-0.15, -0.1) is 0 Å². The molecule has 0 atom stereocenters. The van der Waals surface area contributed by atoms with Crippen molar-refractivity contribution < 1.29 is 19.0 Å². The Hall–Kier alpha value is -2.49. The van der Waals surface area contributed by atoms with E-state index in [0.717, 1.165) is 30.9 Å². The molecule has 2 aromatic carbocycles. The van der Waals surface area contributed by atoms with Gasteiger partial charge >= 0.3 is 5.97 Å². The van der Waals surface area contributed by atoms with E-state index in [0.29, 0.717) is 23.8 Å². The SMILES string of the molecule is CCCCCOc1ccc(C(=O)Oc2ccc(OCC3CCCCC3)cc2)cc1. The Morgan fingerprint density at radius 2 is 1.45 bits per heavy atom. The molecule has 29 heavy (non-hydrogen) atoms. The number of rotatable bonds is 10. The second-order valence-corrected chi connectivity index (χ2v) is 7.76. The average molecular weight is 397 g/mol. The van der Waals surface area contributed by atoms with Crippen molar-refractivity contribution in [3.8, 4) is 17.2 Å². The molecular weight excluding hydrogens is 364 g/mol. The van der Waals surface area contributed by atoms with Gasteiger partial charge in [-0.1, -0.05) is 39.0 Å². The van der Waals surface area contributed by atoms with Crippen molar-refractivity contribution in [3.05, 3.63) is 54.1 Å². The summed E-state index contributed by atoms with van der Waals surface area (Å²) in [5.41, 5.74) is 0.503. The van der Waals surface area contributed by atoms with E-state index in [4.69, 9.17) is 14.2 Å². The minimum atomic E-state index is -0.376. The average Bonchev–Trinajstić information content (AvgIpc) is 2.77. The normalized spacial score (nSPS) is 14.4. The zero-order valence-electron chi connectivity index (χ0n) is 17.4. The predicted octanol–water partition coefficient (Wildman–Crippen LogP) is 6.43. The van der Waals surface area contributed by atoms with Crippen LogP contribution in [0.25, 0.3) is 0 Å². The number of carbonyl (C=O) groups excluding carboxylic acids is 1. The highest BCUT2D eigenvalue weighted by Crippen LogP contribution is 2.25. The van der Waals surface area contributed by atoms with Crippen LogP contribution in [0.3, 0.4) is 0 Å². The van der Waals surface area contributed by atoms with Crippen LogP contribution < -0.4 is 14.2 Å². The summed E-state index contributed by atoms with van der Waals surface area (Å²) in [6, 6.07) is 14.4. The summed E-state index contributed by atoms with van der Waals surface area (Å²) in [5.74, 6) is 2.40. The standard InChI is InChI=1S/C25H32O4/c1-2-3-7-18-27-22-12-10-21(11-13-22)25(26)29-24-16-14-23(15-17-24)28-19-20-8-5-4-6-9-20/h10-17,20H,2-9,18-19H2,1H3. The molecule has 0 amide bonds. The Bertz CT molecular complexity index is 730. The van der Waals surface area contributed by atoms with Crippen LogP contribution in [0.1, 0.15) is 68.6 Å². The molecule has 4 nitrogen and oxygen atoms in total. The number of unbranched alkanes of at least 4 members (excludes halogenated alkanes) is 2. The van der Waals surface area contributed by atoms with Crippen molar-refractivity contribution in [2.45, 2.75) is 58.3 Å². The fraction of sp³-hybridized carbons (Fsp3) is 0.480. The summed E-state index contributed by atoms with van der Waals surface area (Å²) < 4.78 is 17.0. The van der Waals surface area contributed by atoms with E-state index in [2.05, 4.69) is 6.92 Å². The molecule has 0 unspecified atom stereocenters. The third-order valence-electron chi connectivity index (χ3n) is 5.35. The second-order valence-electron chi connectivity index (χ2n) is 7.76. The molecule has 0 bridgehead atoms. The summed E-state index contributed by atoms with van der Waals surface area (Å²) in [6.45, 7) is 3.64. The lowest BCUT2D eigenvalue weighted by molar-refractivity contribution is 0.0734. The summed E-state index contributed by atoms with van der Waals surface area (Å²) in [6.07, 6.45) is 9.88. The van der Waals surface area contributed by atoms with Crippen LogP contribution in [0.5, 0.6) is 17.2 Å². The lowest BCUT2D eigenvalue weighted by atomic mass is 9.90. The van der Waals surface area contributed by atoms with Crippen LogP contribution >= 0.6 is 0 Å². The van der Waals surface area contributed by atoms with E-state index in [-0.39, 0.29) is 5.97 Å². The molecule has 0 heterocycles. The Labute approximate surface area is 174 Å². The molecule has 0 spiro atoms. The number of benzene rings is 2. The third-order valence-corrected chi connectivity index (χ3v) is 5.35. The predicted molar refractivity (Wildman–Crippen MR) is 115 cm³/mol. The second kappa shape index (κ2) is 11.5. The highest BCUT2D eigenvalue weighted by molar-refractivity contribution is 5.91. The molecule has 1 aliphatic rings. The van der Waals surface area contributed by atoms with Crippen molar-refractivity contribution in [1.82, 2.24) is 0 Å². The van der Waals surface area contributed by atoms with Crippen molar-refractivity contribution in [1.29, 1.82) is 0 Å². The van der Waals surface area contributed by atoms with E-state index >= 15 is 0 Å². The van der Waals surface area contributed by atoms with Crippen LogP contribution in [0, 0.1) is 5.92 Å². The van der Waals surface area contributed by atoms with Crippen molar-refractivity contribution in [2.75, 3.05) is 13.2 Å². The van der Waals surface area contributed by atoms with E-state index in [1.807, 2.05) is 24.3 Å². The van der Waals surface area contributed by atoms with Crippen LogP contribution in [-0.2, 0) is 0 Å². The monoisotopic (exact) mass is 396 g/mol. The number of hydrogen-bond donors (Lipinski definition) is 0. The van der Waals surface area contributed by atoms with Crippen molar-refractivity contribution >= 4 is 5.97 Å². The molecular formula is C25H32O4. The maximum atomic E-state index is 12.3. The molecule has 0 N–H and O–H groups in total. The summed E-state index contributed by atoms with van der Waals surface area (Å²) in [4.78, 5) is 12.3. The van der Waals surface area contributed by atoms with Gasteiger partial charge in [0.15, 0.2) is 0 Å². The number of carbonyl (C=O) groups is 1. The van der Waals surface area contributed by atoms with Gasteiger partial charge in [0.2, 0.25) is 0 Å². The fourth-order valence-corrected chi connectivity index (χ4v) is 3.57. The largest absolute Gasteiger partial charge is 0.494 e. The van der Waals surface area contributed by atoms with Crippen molar-refractivity contribution in [3.63, 3.8) is 0 Å². The first-order valence-electron chi connectivity index (χ1n) is 10.9. The quantitative estimate of drug-likeness (QED) is 0.263. The van der Waals surface area contributed by atoms with Crippen LogP contribution in [0.15, 0.2) is 48.5 Å². The van der Waals surface area contributed by atoms with Gasteiger partial charge in [0, 0.05) is 0 Å². The maximum absolute atomic E-state index is 12.3. The lowest BCUT2D eigenvalue weighted by Crippen LogP contribution is -2.15. The minimum Gasteiger partial charge on any atom is -0.494 e. The zero-order valence-corrected chi connectivity index (χ0v) is 17.4. The Balaban J connectivity index is 1.44. The number of hydrogen-bond acceptors (Lipinski definition) is 4. The van der Waals surface area contributed by atoms with Crippen molar-refractivity contribution in [2.24, 2.45) is 5.92 Å². The number of esters is 1. The Morgan fingerprint density at radius 3 is 2.14 bits per heavy atom. The summed E-state index contributed by atoms with van der Waals surface area (Å²) in [5, 5.41) is 0. The van der Waals surface area contributed by atoms with Gasteiger partial charge in [-0.05, 0) is 73.7 Å². The highest BCUT2D eigenvalue weighted by atomic mass is 16.5. The van der Waals surface area contributed by atoms with E-state index < -0.39 is 0 Å². The molecule has 1 saturated carbocycles. The van der Waals surface area contributed by atoms with E-state index in [1.54, 1.807) is 24.3 Å². The zero-order chi connectivity index (χ0) is 20.3. The van der Waals surface area contributed by atoms with E-state index in [1.165, 1.54) is 38.5 Å². The lowest BCUT2D eigenvalue weighted by Gasteiger charge is -2.21. The molecule has 3 rings (SSSR count). The van der Waals surface area contributed by atoms with Gasteiger partial charge in [-0.25, -0.2) is 4.79 Å². The first kappa shape index (κ1) is 21.2. The summed E-state index contributed by atoms with van der Waals surface area (Å²) in [7, 11) is 0. The number of ether oxygens (including phenoxy) is 3. The molecule has 0 radical (unpaired) electrons. The minimum absolute atomic E-state index is 0.376.